The highest BCUT2D eigenvalue weighted by Crippen LogP contribution is 2.19. The van der Waals surface area contributed by atoms with Crippen molar-refractivity contribution in [2.45, 2.75) is 39.7 Å². The number of rotatable bonds is 7. The lowest BCUT2D eigenvalue weighted by atomic mass is 10.1. The number of nitrogens with one attached hydrogen (secondary N) is 1. The summed E-state index contributed by atoms with van der Waals surface area (Å²) in [4.78, 5) is 0. The van der Waals surface area contributed by atoms with Crippen LogP contribution in [0.5, 0.6) is 0 Å². The second kappa shape index (κ2) is 6.81. The SMILES string of the molecule is CCC(COC)Nc1nnc(CC(C)C)s1. The Morgan fingerprint density at radius 1 is 1.38 bits per heavy atom. The van der Waals surface area contributed by atoms with Crippen molar-refractivity contribution in [3.8, 4) is 0 Å². The van der Waals surface area contributed by atoms with E-state index in [1.54, 1.807) is 18.4 Å². The molecular weight excluding hydrogens is 222 g/mol. The van der Waals surface area contributed by atoms with Crippen LogP contribution in [-0.2, 0) is 11.2 Å². The van der Waals surface area contributed by atoms with Crippen molar-refractivity contribution in [1.82, 2.24) is 10.2 Å². The summed E-state index contributed by atoms with van der Waals surface area (Å²) in [6.07, 6.45) is 2.02. The Balaban J connectivity index is 2.50. The van der Waals surface area contributed by atoms with Gasteiger partial charge in [0.25, 0.3) is 0 Å². The predicted octanol–water partition coefficient (Wildman–Crippen LogP) is 2.57. The summed E-state index contributed by atoms with van der Waals surface area (Å²) in [6.45, 7) is 7.21. The molecule has 1 aromatic heterocycles. The molecule has 1 rings (SSSR count). The molecule has 5 heteroatoms. The topological polar surface area (TPSA) is 47.0 Å². The van der Waals surface area contributed by atoms with Gasteiger partial charge in [0.2, 0.25) is 5.13 Å². The van der Waals surface area contributed by atoms with Gasteiger partial charge in [-0.25, -0.2) is 0 Å². The van der Waals surface area contributed by atoms with E-state index in [9.17, 15) is 0 Å². The molecule has 0 saturated heterocycles. The Morgan fingerprint density at radius 3 is 2.69 bits per heavy atom. The smallest absolute Gasteiger partial charge is 0.205 e. The Labute approximate surface area is 101 Å². The predicted molar refractivity (Wildman–Crippen MR) is 68.0 cm³/mol. The summed E-state index contributed by atoms with van der Waals surface area (Å²) in [7, 11) is 1.72. The molecule has 0 radical (unpaired) electrons. The van der Waals surface area contributed by atoms with Crippen molar-refractivity contribution in [3.05, 3.63) is 5.01 Å². The molecular formula is C11H21N3OS. The monoisotopic (exact) mass is 243 g/mol. The zero-order chi connectivity index (χ0) is 12.0. The standard InChI is InChI=1S/C11H21N3OS/c1-5-9(7-15-4)12-11-14-13-10(16-11)6-8(2)3/h8-9H,5-7H2,1-4H3,(H,12,14). The number of hydrogen-bond acceptors (Lipinski definition) is 5. The highest BCUT2D eigenvalue weighted by molar-refractivity contribution is 7.15. The van der Waals surface area contributed by atoms with Crippen molar-refractivity contribution >= 4 is 16.5 Å². The van der Waals surface area contributed by atoms with E-state index in [1.807, 2.05) is 0 Å². The largest absolute Gasteiger partial charge is 0.383 e. The lowest BCUT2D eigenvalue weighted by molar-refractivity contribution is 0.184. The van der Waals surface area contributed by atoms with Gasteiger partial charge < -0.3 is 10.1 Å². The third-order valence-electron chi connectivity index (χ3n) is 2.24. The van der Waals surface area contributed by atoms with Crippen molar-refractivity contribution in [1.29, 1.82) is 0 Å². The Hall–Kier alpha value is -0.680. The number of methoxy groups -OCH3 is 1. The minimum absolute atomic E-state index is 0.324. The first-order chi connectivity index (χ1) is 7.65. The van der Waals surface area contributed by atoms with E-state index < -0.39 is 0 Å². The van der Waals surface area contributed by atoms with E-state index in [0.717, 1.165) is 23.0 Å². The second-order valence-electron chi connectivity index (χ2n) is 4.30. The molecule has 0 fully saturated rings. The molecule has 0 aliphatic rings. The minimum Gasteiger partial charge on any atom is -0.383 e. The normalized spacial score (nSPS) is 13.1. The van der Waals surface area contributed by atoms with Gasteiger partial charge in [0.1, 0.15) is 5.01 Å². The zero-order valence-electron chi connectivity index (χ0n) is 10.5. The van der Waals surface area contributed by atoms with Gasteiger partial charge in [-0.1, -0.05) is 32.1 Å². The maximum absolute atomic E-state index is 5.13. The summed E-state index contributed by atoms with van der Waals surface area (Å²) in [5, 5.41) is 13.7. The highest BCUT2D eigenvalue weighted by Gasteiger charge is 2.10. The molecule has 1 heterocycles. The molecule has 0 aliphatic heterocycles. The molecule has 1 atom stereocenters. The van der Waals surface area contributed by atoms with Crippen LogP contribution in [0, 0.1) is 5.92 Å². The first-order valence-electron chi connectivity index (χ1n) is 5.73. The van der Waals surface area contributed by atoms with E-state index in [1.165, 1.54) is 0 Å². The summed E-state index contributed by atoms with van der Waals surface area (Å²) in [5.74, 6) is 0.627. The van der Waals surface area contributed by atoms with E-state index >= 15 is 0 Å². The van der Waals surface area contributed by atoms with Gasteiger partial charge in [-0.15, -0.1) is 10.2 Å². The van der Waals surface area contributed by atoms with Crippen LogP contribution in [0.15, 0.2) is 0 Å². The van der Waals surface area contributed by atoms with Gasteiger partial charge in [-0.3, -0.25) is 0 Å². The summed E-state index contributed by atoms with van der Waals surface area (Å²) in [5.41, 5.74) is 0. The highest BCUT2D eigenvalue weighted by atomic mass is 32.1. The third-order valence-corrected chi connectivity index (χ3v) is 3.11. The van der Waals surface area contributed by atoms with Crippen molar-refractivity contribution in [2.75, 3.05) is 19.0 Å². The van der Waals surface area contributed by atoms with Gasteiger partial charge in [0, 0.05) is 13.5 Å². The van der Waals surface area contributed by atoms with Gasteiger partial charge in [0.05, 0.1) is 12.6 Å². The molecule has 92 valence electrons. The lowest BCUT2D eigenvalue weighted by Crippen LogP contribution is -2.23. The maximum Gasteiger partial charge on any atom is 0.205 e. The van der Waals surface area contributed by atoms with Gasteiger partial charge in [-0.2, -0.15) is 0 Å². The van der Waals surface area contributed by atoms with Crippen LogP contribution in [0.1, 0.15) is 32.2 Å². The van der Waals surface area contributed by atoms with Crippen LogP contribution >= 0.6 is 11.3 Å². The van der Waals surface area contributed by atoms with E-state index in [-0.39, 0.29) is 0 Å². The van der Waals surface area contributed by atoms with Gasteiger partial charge in [0.15, 0.2) is 0 Å². The maximum atomic E-state index is 5.13. The molecule has 1 unspecified atom stereocenters. The fraction of sp³-hybridized carbons (Fsp3) is 0.818. The van der Waals surface area contributed by atoms with Crippen LogP contribution in [0.2, 0.25) is 0 Å². The van der Waals surface area contributed by atoms with E-state index in [2.05, 4.69) is 36.3 Å². The zero-order valence-corrected chi connectivity index (χ0v) is 11.3. The number of nitrogens with zero attached hydrogens (tertiary/aromatic N) is 2. The number of ether oxygens (including phenoxy) is 1. The Kier molecular flexibility index (Phi) is 5.69. The molecule has 16 heavy (non-hydrogen) atoms. The second-order valence-corrected chi connectivity index (χ2v) is 5.37. The fourth-order valence-electron chi connectivity index (χ4n) is 1.38. The summed E-state index contributed by atoms with van der Waals surface area (Å²) < 4.78 is 5.13. The molecule has 0 bridgehead atoms. The average Bonchev–Trinajstić information content (AvgIpc) is 2.64. The van der Waals surface area contributed by atoms with Crippen molar-refractivity contribution in [2.24, 2.45) is 5.92 Å². The Morgan fingerprint density at radius 2 is 2.12 bits per heavy atom. The first-order valence-corrected chi connectivity index (χ1v) is 6.55. The fourth-order valence-corrected chi connectivity index (χ4v) is 2.41. The summed E-state index contributed by atoms with van der Waals surface area (Å²) in [6, 6.07) is 0.324. The molecule has 0 amide bonds. The molecule has 0 aromatic carbocycles. The molecule has 0 spiro atoms. The number of aromatic nitrogens is 2. The van der Waals surface area contributed by atoms with E-state index in [0.29, 0.717) is 18.6 Å². The van der Waals surface area contributed by atoms with Crippen LogP contribution in [0.25, 0.3) is 0 Å². The van der Waals surface area contributed by atoms with Gasteiger partial charge in [-0.05, 0) is 12.3 Å². The van der Waals surface area contributed by atoms with Gasteiger partial charge >= 0.3 is 0 Å². The quantitative estimate of drug-likeness (QED) is 0.799. The van der Waals surface area contributed by atoms with Crippen LogP contribution in [-0.4, -0.2) is 30.0 Å². The Bertz CT molecular complexity index is 301. The minimum atomic E-state index is 0.324. The molecule has 1 aromatic rings. The van der Waals surface area contributed by atoms with E-state index in [4.69, 9.17) is 4.74 Å². The molecule has 0 aliphatic carbocycles. The van der Waals surface area contributed by atoms with Crippen LogP contribution < -0.4 is 5.32 Å². The van der Waals surface area contributed by atoms with Crippen molar-refractivity contribution in [3.63, 3.8) is 0 Å². The van der Waals surface area contributed by atoms with Crippen molar-refractivity contribution < 1.29 is 4.74 Å². The average molecular weight is 243 g/mol. The molecule has 0 saturated carbocycles. The van der Waals surface area contributed by atoms with Crippen LogP contribution in [0.3, 0.4) is 0 Å². The number of anilines is 1. The number of hydrogen-bond donors (Lipinski definition) is 1. The molecule has 1 N–H and O–H groups in total. The lowest BCUT2D eigenvalue weighted by Gasteiger charge is -2.13. The molecule has 4 nitrogen and oxygen atoms in total. The van der Waals surface area contributed by atoms with Crippen LogP contribution in [0.4, 0.5) is 5.13 Å². The summed E-state index contributed by atoms with van der Waals surface area (Å²) >= 11 is 1.64. The first kappa shape index (κ1) is 13.4. The third kappa shape index (κ3) is 4.45.